The average Bonchev–Trinajstić information content (AvgIpc) is 2.42. The Labute approximate surface area is 108 Å². The van der Waals surface area contributed by atoms with Gasteiger partial charge >= 0.3 is 5.97 Å². The first kappa shape index (κ1) is 14.5. The second kappa shape index (κ2) is 8.48. The summed E-state index contributed by atoms with van der Waals surface area (Å²) in [7, 11) is 1.38. The molecule has 0 aliphatic carbocycles. The summed E-state index contributed by atoms with van der Waals surface area (Å²) >= 11 is 0. The number of benzene rings is 1. The van der Waals surface area contributed by atoms with Crippen molar-refractivity contribution in [3.8, 4) is 0 Å². The van der Waals surface area contributed by atoms with Crippen LogP contribution in [0.25, 0.3) is 0 Å². The third-order valence-electron chi connectivity index (χ3n) is 2.61. The van der Waals surface area contributed by atoms with Crippen LogP contribution in [0.2, 0.25) is 0 Å². The molecule has 18 heavy (non-hydrogen) atoms. The highest BCUT2D eigenvalue weighted by molar-refractivity contribution is 5.87. The molecule has 0 aromatic heterocycles. The van der Waals surface area contributed by atoms with Gasteiger partial charge < -0.3 is 9.47 Å². The summed E-state index contributed by atoms with van der Waals surface area (Å²) in [5.74, 6) is -0.303. The molecule has 0 N–H and O–H groups in total. The van der Waals surface area contributed by atoms with Crippen LogP contribution in [0.4, 0.5) is 0 Å². The lowest BCUT2D eigenvalue weighted by Gasteiger charge is -2.03. The van der Waals surface area contributed by atoms with Crippen LogP contribution < -0.4 is 0 Å². The van der Waals surface area contributed by atoms with Gasteiger partial charge in [0.25, 0.3) is 0 Å². The summed E-state index contributed by atoms with van der Waals surface area (Å²) in [4.78, 5) is 11.1. The van der Waals surface area contributed by atoms with Crippen molar-refractivity contribution in [2.24, 2.45) is 0 Å². The normalized spacial score (nSPS) is 11.3. The van der Waals surface area contributed by atoms with Gasteiger partial charge in [-0.15, -0.1) is 0 Å². The molecule has 3 heteroatoms. The summed E-state index contributed by atoms with van der Waals surface area (Å²) in [6.07, 6.45) is 3.74. The van der Waals surface area contributed by atoms with E-state index >= 15 is 0 Å². The van der Waals surface area contributed by atoms with Gasteiger partial charge in [-0.05, 0) is 31.4 Å². The van der Waals surface area contributed by atoms with E-state index in [-0.39, 0.29) is 5.97 Å². The van der Waals surface area contributed by atoms with E-state index in [1.807, 2.05) is 18.2 Å². The molecule has 0 heterocycles. The van der Waals surface area contributed by atoms with E-state index in [1.165, 1.54) is 12.7 Å². The van der Waals surface area contributed by atoms with Gasteiger partial charge in [-0.3, -0.25) is 0 Å². The SMILES string of the molecule is COC(=O)C(C)=CCOCCCc1ccccc1. The molecule has 1 aromatic carbocycles. The van der Waals surface area contributed by atoms with Crippen molar-refractivity contribution >= 4 is 5.97 Å². The molecule has 0 atom stereocenters. The van der Waals surface area contributed by atoms with Crippen LogP contribution in [0.15, 0.2) is 42.0 Å². The number of methoxy groups -OCH3 is 1. The summed E-state index contributed by atoms with van der Waals surface area (Å²) < 4.78 is 10.0. The van der Waals surface area contributed by atoms with E-state index in [0.29, 0.717) is 18.8 Å². The van der Waals surface area contributed by atoms with Crippen molar-refractivity contribution in [1.82, 2.24) is 0 Å². The fourth-order valence-corrected chi connectivity index (χ4v) is 1.53. The molecule has 0 fully saturated rings. The minimum Gasteiger partial charge on any atom is -0.466 e. The number of esters is 1. The summed E-state index contributed by atoms with van der Waals surface area (Å²) in [5, 5.41) is 0. The highest BCUT2D eigenvalue weighted by atomic mass is 16.5. The molecule has 0 unspecified atom stereocenters. The standard InChI is InChI=1S/C15H20O3/c1-13(15(16)17-2)10-12-18-11-6-9-14-7-4-3-5-8-14/h3-5,7-8,10H,6,9,11-12H2,1-2H3. The van der Waals surface area contributed by atoms with E-state index in [9.17, 15) is 4.79 Å². The maximum absolute atomic E-state index is 11.1. The van der Waals surface area contributed by atoms with Crippen LogP contribution in [-0.4, -0.2) is 26.3 Å². The first-order chi connectivity index (χ1) is 8.74. The molecule has 0 spiro atoms. The molecule has 0 aliphatic rings. The van der Waals surface area contributed by atoms with Crippen molar-refractivity contribution < 1.29 is 14.3 Å². The topological polar surface area (TPSA) is 35.5 Å². The Balaban J connectivity index is 2.11. The summed E-state index contributed by atoms with van der Waals surface area (Å²) in [6.45, 7) is 2.87. The molecule has 98 valence electrons. The average molecular weight is 248 g/mol. The second-order valence-electron chi connectivity index (χ2n) is 4.04. The maximum atomic E-state index is 11.1. The number of carbonyl (C=O) groups excluding carboxylic acids is 1. The second-order valence-corrected chi connectivity index (χ2v) is 4.04. The highest BCUT2D eigenvalue weighted by Gasteiger charge is 2.01. The van der Waals surface area contributed by atoms with Gasteiger partial charge in [0.05, 0.1) is 13.7 Å². The zero-order valence-electron chi connectivity index (χ0n) is 11.0. The molecular weight excluding hydrogens is 228 g/mol. The van der Waals surface area contributed by atoms with E-state index in [2.05, 4.69) is 16.9 Å². The summed E-state index contributed by atoms with van der Waals surface area (Å²) in [6, 6.07) is 10.3. The number of hydrogen-bond acceptors (Lipinski definition) is 3. The number of carbonyl (C=O) groups is 1. The van der Waals surface area contributed by atoms with Gasteiger partial charge in [0.2, 0.25) is 0 Å². The minimum atomic E-state index is -0.303. The van der Waals surface area contributed by atoms with Crippen molar-refractivity contribution in [3.63, 3.8) is 0 Å². The maximum Gasteiger partial charge on any atom is 0.333 e. The van der Waals surface area contributed by atoms with Crippen LogP contribution in [0.1, 0.15) is 18.9 Å². The first-order valence-corrected chi connectivity index (χ1v) is 6.11. The first-order valence-electron chi connectivity index (χ1n) is 6.11. The smallest absolute Gasteiger partial charge is 0.333 e. The zero-order chi connectivity index (χ0) is 13.2. The molecule has 1 aromatic rings. The molecule has 0 bridgehead atoms. The Kier molecular flexibility index (Phi) is 6.81. The van der Waals surface area contributed by atoms with Gasteiger partial charge in [0.15, 0.2) is 0 Å². The quantitative estimate of drug-likeness (QED) is 0.423. The fourth-order valence-electron chi connectivity index (χ4n) is 1.53. The molecule has 0 amide bonds. The van der Waals surface area contributed by atoms with E-state index in [0.717, 1.165) is 12.8 Å². The molecule has 1 rings (SSSR count). The van der Waals surface area contributed by atoms with Crippen molar-refractivity contribution in [3.05, 3.63) is 47.5 Å². The Bertz CT molecular complexity index is 382. The Morgan fingerprint density at radius 2 is 2.00 bits per heavy atom. The predicted octanol–water partition coefficient (Wildman–Crippen LogP) is 2.76. The van der Waals surface area contributed by atoms with Gasteiger partial charge in [0, 0.05) is 12.2 Å². The molecular formula is C15H20O3. The number of ether oxygens (including phenoxy) is 2. The van der Waals surface area contributed by atoms with Crippen LogP contribution >= 0.6 is 0 Å². The van der Waals surface area contributed by atoms with Crippen LogP contribution in [0.3, 0.4) is 0 Å². The Morgan fingerprint density at radius 3 is 2.67 bits per heavy atom. The third-order valence-corrected chi connectivity index (χ3v) is 2.61. The summed E-state index contributed by atoms with van der Waals surface area (Å²) in [5.41, 5.74) is 1.91. The molecule has 0 saturated carbocycles. The van der Waals surface area contributed by atoms with E-state index in [1.54, 1.807) is 13.0 Å². The van der Waals surface area contributed by atoms with E-state index in [4.69, 9.17) is 4.74 Å². The monoisotopic (exact) mass is 248 g/mol. The van der Waals surface area contributed by atoms with Gasteiger partial charge in [-0.25, -0.2) is 4.79 Å². The molecule has 0 saturated heterocycles. The number of rotatable bonds is 7. The number of aryl methyl sites for hydroxylation is 1. The van der Waals surface area contributed by atoms with Crippen LogP contribution in [0.5, 0.6) is 0 Å². The van der Waals surface area contributed by atoms with Gasteiger partial charge in [-0.2, -0.15) is 0 Å². The van der Waals surface area contributed by atoms with Gasteiger partial charge in [0.1, 0.15) is 0 Å². The van der Waals surface area contributed by atoms with Crippen molar-refractivity contribution in [1.29, 1.82) is 0 Å². The third kappa shape index (κ3) is 5.64. The Hall–Kier alpha value is -1.61. The fraction of sp³-hybridized carbons (Fsp3) is 0.400. The van der Waals surface area contributed by atoms with Gasteiger partial charge in [-0.1, -0.05) is 30.3 Å². The predicted molar refractivity (Wildman–Crippen MR) is 71.4 cm³/mol. The molecule has 0 aliphatic heterocycles. The van der Waals surface area contributed by atoms with Crippen molar-refractivity contribution in [2.75, 3.05) is 20.3 Å². The lowest BCUT2D eigenvalue weighted by molar-refractivity contribution is -0.136. The lowest BCUT2D eigenvalue weighted by Crippen LogP contribution is -2.03. The highest BCUT2D eigenvalue weighted by Crippen LogP contribution is 2.02. The Morgan fingerprint density at radius 1 is 1.28 bits per heavy atom. The van der Waals surface area contributed by atoms with Crippen molar-refractivity contribution in [2.45, 2.75) is 19.8 Å². The molecule has 0 radical (unpaired) electrons. The largest absolute Gasteiger partial charge is 0.466 e. The van der Waals surface area contributed by atoms with Crippen LogP contribution in [0, 0.1) is 0 Å². The van der Waals surface area contributed by atoms with E-state index < -0.39 is 0 Å². The zero-order valence-corrected chi connectivity index (χ0v) is 11.0. The molecule has 3 nitrogen and oxygen atoms in total. The minimum absolute atomic E-state index is 0.303. The van der Waals surface area contributed by atoms with Crippen LogP contribution in [-0.2, 0) is 20.7 Å². The number of hydrogen-bond donors (Lipinski definition) is 0. The lowest BCUT2D eigenvalue weighted by atomic mass is 10.1.